The Kier molecular flexibility index (Phi) is 3.20. The lowest BCUT2D eigenvalue weighted by molar-refractivity contribution is 0.104. The molecule has 0 aliphatic carbocycles. The number of ketones is 1. The van der Waals surface area contributed by atoms with Crippen LogP contribution in [0.3, 0.4) is 0 Å². The lowest BCUT2D eigenvalue weighted by atomic mass is 10.1. The van der Waals surface area contributed by atoms with E-state index in [9.17, 15) is 4.79 Å². The van der Waals surface area contributed by atoms with E-state index in [1.54, 1.807) is 18.2 Å². The fraction of sp³-hybridized carbons (Fsp3) is 0.200. The van der Waals surface area contributed by atoms with Gasteiger partial charge in [-0.15, -0.1) is 0 Å². The second-order valence-electron chi connectivity index (χ2n) is 2.95. The number of carbonyl (C=O) groups excluding carboxylic acids is 1. The van der Waals surface area contributed by atoms with E-state index < -0.39 is 0 Å². The SMILES string of the molecule is CC(C)=CC(=O)c1ccnc(Cl)c1. The summed E-state index contributed by atoms with van der Waals surface area (Å²) in [5, 5.41) is 0.341. The van der Waals surface area contributed by atoms with E-state index in [1.165, 1.54) is 6.20 Å². The monoisotopic (exact) mass is 195 g/mol. The first-order valence-corrected chi connectivity index (χ1v) is 4.28. The van der Waals surface area contributed by atoms with Crippen molar-refractivity contribution < 1.29 is 4.79 Å². The Morgan fingerprint density at radius 2 is 2.23 bits per heavy atom. The van der Waals surface area contributed by atoms with Crippen molar-refractivity contribution in [2.45, 2.75) is 13.8 Å². The minimum atomic E-state index is -0.0377. The van der Waals surface area contributed by atoms with E-state index in [0.29, 0.717) is 10.7 Å². The fourth-order valence-corrected chi connectivity index (χ4v) is 1.08. The number of aromatic nitrogens is 1. The van der Waals surface area contributed by atoms with Crippen LogP contribution in [-0.4, -0.2) is 10.8 Å². The molecule has 0 aliphatic rings. The average molecular weight is 196 g/mol. The lowest BCUT2D eigenvalue weighted by Gasteiger charge is -1.96. The van der Waals surface area contributed by atoms with Crippen molar-refractivity contribution in [2.24, 2.45) is 0 Å². The van der Waals surface area contributed by atoms with Crippen molar-refractivity contribution in [1.29, 1.82) is 0 Å². The molecule has 1 aromatic heterocycles. The highest BCUT2D eigenvalue weighted by Gasteiger charge is 2.02. The highest BCUT2D eigenvalue weighted by molar-refractivity contribution is 6.29. The van der Waals surface area contributed by atoms with E-state index in [1.807, 2.05) is 13.8 Å². The molecule has 0 fully saturated rings. The molecular formula is C10H10ClNO. The van der Waals surface area contributed by atoms with Gasteiger partial charge in [0.1, 0.15) is 5.15 Å². The van der Waals surface area contributed by atoms with Crippen molar-refractivity contribution in [3.63, 3.8) is 0 Å². The van der Waals surface area contributed by atoms with Crippen LogP contribution in [0.4, 0.5) is 0 Å². The molecule has 0 N–H and O–H groups in total. The van der Waals surface area contributed by atoms with Gasteiger partial charge in [-0.05, 0) is 32.1 Å². The van der Waals surface area contributed by atoms with Crippen LogP contribution in [0, 0.1) is 0 Å². The molecule has 0 amide bonds. The van der Waals surface area contributed by atoms with Gasteiger partial charge in [0, 0.05) is 11.8 Å². The van der Waals surface area contributed by atoms with Gasteiger partial charge >= 0.3 is 0 Å². The minimum absolute atomic E-state index is 0.0377. The van der Waals surface area contributed by atoms with Crippen molar-refractivity contribution in [3.05, 3.63) is 40.7 Å². The maximum Gasteiger partial charge on any atom is 0.185 e. The van der Waals surface area contributed by atoms with E-state index in [2.05, 4.69) is 4.98 Å². The summed E-state index contributed by atoms with van der Waals surface area (Å²) in [7, 11) is 0. The van der Waals surface area contributed by atoms with Crippen molar-refractivity contribution in [1.82, 2.24) is 4.98 Å². The Bertz CT molecular complexity index is 354. The zero-order valence-corrected chi connectivity index (χ0v) is 8.30. The molecule has 1 rings (SSSR count). The maximum atomic E-state index is 11.4. The normalized spacial score (nSPS) is 9.46. The Hall–Kier alpha value is -1.15. The van der Waals surface area contributed by atoms with Gasteiger partial charge in [-0.25, -0.2) is 4.98 Å². The van der Waals surface area contributed by atoms with Gasteiger partial charge in [0.05, 0.1) is 0 Å². The van der Waals surface area contributed by atoms with Crippen molar-refractivity contribution in [3.8, 4) is 0 Å². The van der Waals surface area contributed by atoms with E-state index in [-0.39, 0.29) is 5.78 Å². The van der Waals surface area contributed by atoms with E-state index >= 15 is 0 Å². The summed E-state index contributed by atoms with van der Waals surface area (Å²) in [6, 6.07) is 3.21. The Morgan fingerprint density at radius 3 is 2.77 bits per heavy atom. The molecule has 1 aromatic rings. The van der Waals surface area contributed by atoms with Crippen LogP contribution in [0.1, 0.15) is 24.2 Å². The van der Waals surface area contributed by atoms with Crippen molar-refractivity contribution in [2.75, 3.05) is 0 Å². The van der Waals surface area contributed by atoms with E-state index in [4.69, 9.17) is 11.6 Å². The van der Waals surface area contributed by atoms with Crippen LogP contribution in [0.15, 0.2) is 30.0 Å². The smallest absolute Gasteiger partial charge is 0.185 e. The van der Waals surface area contributed by atoms with Gasteiger partial charge in [-0.2, -0.15) is 0 Å². The van der Waals surface area contributed by atoms with Crippen LogP contribution in [0.2, 0.25) is 5.15 Å². The lowest BCUT2D eigenvalue weighted by Crippen LogP contribution is -1.95. The second-order valence-corrected chi connectivity index (χ2v) is 3.34. The molecule has 0 atom stereocenters. The van der Waals surface area contributed by atoms with Crippen LogP contribution < -0.4 is 0 Å². The fourth-order valence-electron chi connectivity index (χ4n) is 0.901. The molecule has 0 radical (unpaired) electrons. The number of carbonyl (C=O) groups is 1. The summed E-state index contributed by atoms with van der Waals surface area (Å²) in [6.07, 6.45) is 3.10. The highest BCUT2D eigenvalue weighted by Crippen LogP contribution is 2.08. The number of pyridine rings is 1. The molecule has 0 saturated heterocycles. The standard InChI is InChI=1S/C10H10ClNO/c1-7(2)5-9(13)8-3-4-12-10(11)6-8/h3-6H,1-2H3. The van der Waals surface area contributed by atoms with Gasteiger partial charge in [0.15, 0.2) is 5.78 Å². The molecule has 0 aliphatic heterocycles. The van der Waals surface area contributed by atoms with Gasteiger partial charge in [-0.3, -0.25) is 4.79 Å². The zero-order valence-electron chi connectivity index (χ0n) is 7.54. The summed E-state index contributed by atoms with van der Waals surface area (Å²) in [6.45, 7) is 3.75. The van der Waals surface area contributed by atoms with Gasteiger partial charge < -0.3 is 0 Å². The molecule has 1 heterocycles. The van der Waals surface area contributed by atoms with E-state index in [0.717, 1.165) is 5.57 Å². The topological polar surface area (TPSA) is 30.0 Å². The minimum Gasteiger partial charge on any atom is -0.289 e. The number of nitrogens with zero attached hydrogens (tertiary/aromatic N) is 1. The first kappa shape index (κ1) is 9.93. The number of allylic oxidation sites excluding steroid dienone is 2. The predicted molar refractivity (Wildman–Crippen MR) is 53.0 cm³/mol. The third-order valence-electron chi connectivity index (χ3n) is 1.43. The Labute approximate surface area is 82.3 Å². The molecule has 0 aromatic carbocycles. The highest BCUT2D eigenvalue weighted by atomic mass is 35.5. The molecule has 13 heavy (non-hydrogen) atoms. The van der Waals surface area contributed by atoms with Crippen LogP contribution >= 0.6 is 11.6 Å². The number of hydrogen-bond donors (Lipinski definition) is 0. The second kappa shape index (κ2) is 4.19. The molecule has 0 bridgehead atoms. The summed E-state index contributed by atoms with van der Waals surface area (Å²) < 4.78 is 0. The largest absolute Gasteiger partial charge is 0.289 e. The van der Waals surface area contributed by atoms with Crippen molar-refractivity contribution >= 4 is 17.4 Å². The summed E-state index contributed by atoms with van der Waals surface area (Å²) >= 11 is 5.64. The Morgan fingerprint density at radius 1 is 1.54 bits per heavy atom. The number of hydrogen-bond acceptors (Lipinski definition) is 2. The predicted octanol–water partition coefficient (Wildman–Crippen LogP) is 2.88. The van der Waals surface area contributed by atoms with Gasteiger partial charge in [-0.1, -0.05) is 17.2 Å². The van der Waals surface area contributed by atoms with Gasteiger partial charge in [0.25, 0.3) is 0 Å². The quantitative estimate of drug-likeness (QED) is 0.413. The van der Waals surface area contributed by atoms with Gasteiger partial charge in [0.2, 0.25) is 0 Å². The average Bonchev–Trinajstić information content (AvgIpc) is 2.03. The van der Waals surface area contributed by atoms with Crippen LogP contribution in [0.25, 0.3) is 0 Å². The number of rotatable bonds is 2. The molecule has 2 nitrogen and oxygen atoms in total. The molecule has 0 saturated carbocycles. The third kappa shape index (κ3) is 2.99. The Balaban J connectivity index is 2.96. The third-order valence-corrected chi connectivity index (χ3v) is 1.64. The zero-order chi connectivity index (χ0) is 9.84. The first-order chi connectivity index (χ1) is 6.09. The van der Waals surface area contributed by atoms with Crippen LogP contribution in [-0.2, 0) is 0 Å². The molecule has 0 spiro atoms. The summed E-state index contributed by atoms with van der Waals surface area (Å²) in [5.74, 6) is -0.0377. The summed E-state index contributed by atoms with van der Waals surface area (Å²) in [4.78, 5) is 15.2. The maximum absolute atomic E-state index is 11.4. The number of halogens is 1. The molecule has 68 valence electrons. The van der Waals surface area contributed by atoms with Crippen LogP contribution in [0.5, 0.6) is 0 Å². The molecule has 0 unspecified atom stereocenters. The molecule has 3 heteroatoms. The molecular weight excluding hydrogens is 186 g/mol. The first-order valence-electron chi connectivity index (χ1n) is 3.90. The summed E-state index contributed by atoms with van der Waals surface area (Å²) in [5.41, 5.74) is 1.54.